The number of ether oxygens (including phenoxy) is 1. The lowest BCUT2D eigenvalue weighted by atomic mass is 10.3. The Balaban J connectivity index is 0.00000338. The Morgan fingerprint density at radius 2 is 2.00 bits per heavy atom. The van der Waals surface area contributed by atoms with Crippen LogP contribution in [-0.4, -0.2) is 43.8 Å². The number of alkyl halides is 3. The lowest BCUT2D eigenvalue weighted by molar-refractivity contribution is -0.140. The lowest BCUT2D eigenvalue weighted by Crippen LogP contribution is -2.39. The molecule has 0 atom stereocenters. The third-order valence-corrected chi connectivity index (χ3v) is 4.88. The standard InChI is InChI=1S/C16H25F3N4OS.HI/c1-20-15(21-8-4-10-24-12-5-2-3-6-12)22-9-7-14-23-13(11-25-14)16(17,18)19;/h11-12H,2-10H2,1H3,(H2,20,21,22);1H. The van der Waals surface area contributed by atoms with Gasteiger partial charge in [-0.25, -0.2) is 4.98 Å². The van der Waals surface area contributed by atoms with E-state index in [9.17, 15) is 13.2 Å². The largest absolute Gasteiger partial charge is 0.434 e. The van der Waals surface area contributed by atoms with Gasteiger partial charge in [0, 0.05) is 38.5 Å². The maximum absolute atomic E-state index is 12.5. The van der Waals surface area contributed by atoms with Gasteiger partial charge < -0.3 is 15.4 Å². The minimum Gasteiger partial charge on any atom is -0.378 e. The van der Waals surface area contributed by atoms with E-state index in [1.54, 1.807) is 7.05 Å². The van der Waals surface area contributed by atoms with Crippen molar-refractivity contribution in [1.29, 1.82) is 0 Å². The number of halogens is 4. The second-order valence-corrected chi connectivity index (χ2v) is 6.87. The molecule has 0 radical (unpaired) electrons. The van der Waals surface area contributed by atoms with Gasteiger partial charge in [0.05, 0.1) is 11.1 Å². The monoisotopic (exact) mass is 506 g/mol. The fourth-order valence-corrected chi connectivity index (χ4v) is 3.45. The smallest absolute Gasteiger partial charge is 0.378 e. The molecular formula is C16H26F3IN4OS. The summed E-state index contributed by atoms with van der Waals surface area (Å²) in [6, 6.07) is 0. The number of hydrogen-bond donors (Lipinski definition) is 2. The molecule has 10 heteroatoms. The molecule has 1 fully saturated rings. The van der Waals surface area contributed by atoms with Crippen molar-refractivity contribution in [2.24, 2.45) is 4.99 Å². The van der Waals surface area contributed by atoms with E-state index < -0.39 is 11.9 Å². The zero-order chi connectivity index (χ0) is 18.1. The van der Waals surface area contributed by atoms with Gasteiger partial charge in [0.1, 0.15) is 0 Å². The van der Waals surface area contributed by atoms with Crippen molar-refractivity contribution in [2.45, 2.75) is 50.8 Å². The van der Waals surface area contributed by atoms with Crippen LogP contribution < -0.4 is 10.6 Å². The summed E-state index contributed by atoms with van der Waals surface area (Å²) >= 11 is 1.02. The number of hydrogen-bond acceptors (Lipinski definition) is 4. The summed E-state index contributed by atoms with van der Waals surface area (Å²) in [6.07, 6.45) is 2.24. The van der Waals surface area contributed by atoms with E-state index in [4.69, 9.17) is 4.74 Å². The molecular weight excluding hydrogens is 480 g/mol. The highest BCUT2D eigenvalue weighted by molar-refractivity contribution is 14.0. The van der Waals surface area contributed by atoms with Crippen LogP contribution in [0, 0.1) is 0 Å². The molecule has 150 valence electrons. The van der Waals surface area contributed by atoms with Gasteiger partial charge in [0.25, 0.3) is 0 Å². The van der Waals surface area contributed by atoms with Gasteiger partial charge in [-0.05, 0) is 19.3 Å². The molecule has 1 aliphatic rings. The highest BCUT2D eigenvalue weighted by atomic mass is 127. The number of guanidine groups is 1. The molecule has 1 saturated carbocycles. The molecule has 0 aliphatic heterocycles. The molecule has 0 amide bonds. The average Bonchev–Trinajstić information content (AvgIpc) is 3.24. The summed E-state index contributed by atoms with van der Waals surface area (Å²) in [5.74, 6) is 0.633. The molecule has 1 heterocycles. The molecule has 1 aliphatic carbocycles. The van der Waals surface area contributed by atoms with Gasteiger partial charge in [-0.3, -0.25) is 4.99 Å². The molecule has 26 heavy (non-hydrogen) atoms. The van der Waals surface area contributed by atoms with Gasteiger partial charge in [0.2, 0.25) is 0 Å². The summed E-state index contributed by atoms with van der Waals surface area (Å²) < 4.78 is 43.3. The van der Waals surface area contributed by atoms with E-state index in [2.05, 4.69) is 20.6 Å². The number of thiazole rings is 1. The third kappa shape index (κ3) is 8.38. The number of aliphatic imine (C=N–C) groups is 1. The Labute approximate surface area is 173 Å². The maximum atomic E-state index is 12.5. The highest BCUT2D eigenvalue weighted by Crippen LogP contribution is 2.30. The van der Waals surface area contributed by atoms with Crippen LogP contribution in [0.5, 0.6) is 0 Å². The summed E-state index contributed by atoms with van der Waals surface area (Å²) in [6.45, 7) is 1.94. The molecule has 5 nitrogen and oxygen atoms in total. The molecule has 0 unspecified atom stereocenters. The first-order valence-electron chi connectivity index (χ1n) is 8.57. The van der Waals surface area contributed by atoms with Crippen LogP contribution in [-0.2, 0) is 17.3 Å². The van der Waals surface area contributed by atoms with Gasteiger partial charge in [-0.1, -0.05) is 12.8 Å². The van der Waals surface area contributed by atoms with E-state index in [0.29, 0.717) is 30.0 Å². The second kappa shape index (κ2) is 12.0. The zero-order valence-electron chi connectivity index (χ0n) is 14.8. The second-order valence-electron chi connectivity index (χ2n) is 5.93. The fourth-order valence-electron chi connectivity index (χ4n) is 2.65. The first-order chi connectivity index (χ1) is 12.0. The number of nitrogens with zero attached hydrogens (tertiary/aromatic N) is 2. The van der Waals surface area contributed by atoms with Crippen molar-refractivity contribution in [3.8, 4) is 0 Å². The SMILES string of the molecule is CN=C(NCCCOC1CCCC1)NCCc1nc(C(F)(F)F)cs1.I. The molecule has 2 rings (SSSR count). The van der Waals surface area contributed by atoms with Crippen molar-refractivity contribution in [2.75, 3.05) is 26.7 Å². The minimum absolute atomic E-state index is 0. The van der Waals surface area contributed by atoms with E-state index >= 15 is 0 Å². The summed E-state index contributed by atoms with van der Waals surface area (Å²) in [5.41, 5.74) is -0.822. The van der Waals surface area contributed by atoms with Crippen LogP contribution in [0.25, 0.3) is 0 Å². The number of nitrogens with one attached hydrogen (secondary N) is 2. The Morgan fingerprint density at radius 1 is 1.31 bits per heavy atom. The molecule has 1 aromatic heterocycles. The molecule has 0 aromatic carbocycles. The zero-order valence-corrected chi connectivity index (χ0v) is 17.9. The van der Waals surface area contributed by atoms with Crippen LogP contribution in [0.3, 0.4) is 0 Å². The van der Waals surface area contributed by atoms with E-state index in [0.717, 1.165) is 36.3 Å². The normalized spacial score (nSPS) is 15.8. The molecule has 0 bridgehead atoms. The first kappa shape index (κ1) is 23.4. The van der Waals surface area contributed by atoms with Crippen LogP contribution in [0.15, 0.2) is 10.4 Å². The van der Waals surface area contributed by atoms with Crippen LogP contribution in [0.1, 0.15) is 42.8 Å². The highest BCUT2D eigenvalue weighted by Gasteiger charge is 2.33. The van der Waals surface area contributed by atoms with Gasteiger partial charge in [-0.15, -0.1) is 35.3 Å². The van der Waals surface area contributed by atoms with Gasteiger partial charge in [-0.2, -0.15) is 13.2 Å². The Kier molecular flexibility index (Phi) is 10.8. The predicted octanol–water partition coefficient (Wildman–Crippen LogP) is 3.84. The Morgan fingerprint density at radius 3 is 2.62 bits per heavy atom. The van der Waals surface area contributed by atoms with Crippen LogP contribution >= 0.6 is 35.3 Å². The number of rotatable bonds is 8. The van der Waals surface area contributed by atoms with Crippen molar-refractivity contribution >= 4 is 41.3 Å². The Bertz CT molecular complexity index is 548. The number of aromatic nitrogens is 1. The maximum Gasteiger partial charge on any atom is 0.434 e. The lowest BCUT2D eigenvalue weighted by Gasteiger charge is -2.13. The summed E-state index contributed by atoms with van der Waals surface area (Å²) in [7, 11) is 1.66. The minimum atomic E-state index is -4.37. The molecule has 0 saturated heterocycles. The quantitative estimate of drug-likeness (QED) is 0.244. The van der Waals surface area contributed by atoms with Crippen molar-refractivity contribution in [3.63, 3.8) is 0 Å². The topological polar surface area (TPSA) is 58.5 Å². The molecule has 0 spiro atoms. The fraction of sp³-hybridized carbons (Fsp3) is 0.750. The van der Waals surface area contributed by atoms with Crippen molar-refractivity contribution in [1.82, 2.24) is 15.6 Å². The van der Waals surface area contributed by atoms with E-state index in [1.165, 1.54) is 25.7 Å². The van der Waals surface area contributed by atoms with E-state index in [1.807, 2.05) is 0 Å². The van der Waals surface area contributed by atoms with E-state index in [-0.39, 0.29) is 24.0 Å². The van der Waals surface area contributed by atoms with Crippen LogP contribution in [0.4, 0.5) is 13.2 Å². The summed E-state index contributed by atoms with van der Waals surface area (Å²) in [4.78, 5) is 7.70. The third-order valence-electron chi connectivity index (χ3n) is 3.97. The Hall–Kier alpha value is -0.620. The van der Waals surface area contributed by atoms with Crippen molar-refractivity contribution < 1.29 is 17.9 Å². The van der Waals surface area contributed by atoms with Gasteiger partial charge >= 0.3 is 6.18 Å². The van der Waals surface area contributed by atoms with Crippen LogP contribution in [0.2, 0.25) is 0 Å². The van der Waals surface area contributed by atoms with Gasteiger partial charge in [0.15, 0.2) is 11.7 Å². The average molecular weight is 506 g/mol. The molecule has 2 N–H and O–H groups in total. The molecule has 1 aromatic rings. The first-order valence-corrected chi connectivity index (χ1v) is 9.44. The van der Waals surface area contributed by atoms with Crippen molar-refractivity contribution in [3.05, 3.63) is 16.1 Å². The predicted molar refractivity (Wildman–Crippen MR) is 108 cm³/mol. The summed E-state index contributed by atoms with van der Waals surface area (Å²) in [5, 5.41) is 7.76.